The van der Waals surface area contributed by atoms with E-state index >= 15 is 0 Å². The molecule has 0 aromatic heterocycles. The van der Waals surface area contributed by atoms with E-state index in [0.717, 1.165) is 32.1 Å². The molecule has 1 saturated heterocycles. The van der Waals surface area contributed by atoms with Crippen LogP contribution >= 0.6 is 0 Å². The quantitative estimate of drug-likeness (QED) is 0.760. The Bertz CT molecular complexity index is 370. The molecule has 5 heteroatoms. The van der Waals surface area contributed by atoms with Crippen molar-refractivity contribution in [1.29, 1.82) is 0 Å². The molecule has 0 radical (unpaired) electrons. The Morgan fingerprint density at radius 3 is 2.75 bits per heavy atom. The molecule has 2 rings (SSSR count). The molecule has 1 aliphatic carbocycles. The fraction of sp³-hybridized carbons (Fsp3) is 0.867. The molecule has 1 aliphatic heterocycles. The predicted octanol–water partition coefficient (Wildman–Crippen LogP) is 2.32. The van der Waals surface area contributed by atoms with E-state index in [-0.39, 0.29) is 11.9 Å². The normalized spacial score (nSPS) is 28.8. The van der Waals surface area contributed by atoms with Gasteiger partial charge in [0.05, 0.1) is 0 Å². The number of rotatable bonds is 5. The van der Waals surface area contributed by atoms with Crippen molar-refractivity contribution in [3.8, 4) is 0 Å². The number of fused-ring (bicyclic) bond motifs is 1. The second-order valence-corrected chi connectivity index (χ2v) is 6.56. The van der Waals surface area contributed by atoms with Gasteiger partial charge in [-0.2, -0.15) is 0 Å². The highest BCUT2D eigenvalue weighted by molar-refractivity contribution is 5.83. The molecule has 0 spiro atoms. The lowest BCUT2D eigenvalue weighted by atomic mass is 9.94. The first kappa shape index (κ1) is 15.1. The molecule has 5 nitrogen and oxygen atoms in total. The Morgan fingerprint density at radius 1 is 1.35 bits per heavy atom. The van der Waals surface area contributed by atoms with E-state index in [1.54, 1.807) is 4.90 Å². The number of amides is 2. The molecular formula is C15H26N2O3. The van der Waals surface area contributed by atoms with Crippen LogP contribution in [-0.4, -0.2) is 41.1 Å². The monoisotopic (exact) mass is 282 g/mol. The lowest BCUT2D eigenvalue weighted by Gasteiger charge is -2.24. The maximum absolute atomic E-state index is 12.2. The summed E-state index contributed by atoms with van der Waals surface area (Å²) in [7, 11) is 0. The molecule has 3 atom stereocenters. The summed E-state index contributed by atoms with van der Waals surface area (Å²) in [6.07, 6.45) is 5.13. The van der Waals surface area contributed by atoms with Crippen molar-refractivity contribution in [2.45, 2.75) is 52.0 Å². The molecule has 114 valence electrons. The first-order chi connectivity index (χ1) is 9.50. The van der Waals surface area contributed by atoms with E-state index in [2.05, 4.69) is 19.2 Å². The Hall–Kier alpha value is -1.26. The molecule has 2 fully saturated rings. The highest BCUT2D eigenvalue weighted by Crippen LogP contribution is 2.42. The molecule has 20 heavy (non-hydrogen) atoms. The zero-order chi connectivity index (χ0) is 14.7. The summed E-state index contributed by atoms with van der Waals surface area (Å²) < 4.78 is 0. The van der Waals surface area contributed by atoms with Crippen molar-refractivity contribution < 1.29 is 14.7 Å². The summed E-state index contributed by atoms with van der Waals surface area (Å²) in [5, 5.41) is 12.3. The van der Waals surface area contributed by atoms with Crippen molar-refractivity contribution >= 4 is 12.0 Å². The number of nitrogens with one attached hydrogen (secondary N) is 1. The summed E-state index contributed by atoms with van der Waals surface area (Å²) in [4.78, 5) is 25.2. The van der Waals surface area contributed by atoms with Gasteiger partial charge in [-0.3, -0.25) is 0 Å². The van der Waals surface area contributed by atoms with Crippen LogP contribution in [0.4, 0.5) is 4.79 Å². The number of urea groups is 1. The molecule has 0 aromatic rings. The fourth-order valence-corrected chi connectivity index (χ4v) is 3.64. The van der Waals surface area contributed by atoms with Gasteiger partial charge in [0.2, 0.25) is 0 Å². The molecule has 2 aliphatic rings. The molecule has 1 heterocycles. The zero-order valence-electron chi connectivity index (χ0n) is 12.5. The summed E-state index contributed by atoms with van der Waals surface area (Å²) in [5.41, 5.74) is 0. The highest BCUT2D eigenvalue weighted by Gasteiger charge is 2.49. The molecular weight excluding hydrogens is 256 g/mol. The summed E-state index contributed by atoms with van der Waals surface area (Å²) in [6.45, 7) is 5.56. The lowest BCUT2D eigenvalue weighted by molar-refractivity contribution is -0.142. The number of hydrogen-bond acceptors (Lipinski definition) is 2. The van der Waals surface area contributed by atoms with E-state index in [0.29, 0.717) is 24.9 Å². The molecule has 1 saturated carbocycles. The number of carboxylic acid groups (broad SMARTS) is 1. The molecule has 3 unspecified atom stereocenters. The minimum absolute atomic E-state index is 0.161. The summed E-state index contributed by atoms with van der Waals surface area (Å²) >= 11 is 0. The Morgan fingerprint density at radius 2 is 2.10 bits per heavy atom. The maximum Gasteiger partial charge on any atom is 0.326 e. The highest BCUT2D eigenvalue weighted by atomic mass is 16.4. The third kappa shape index (κ3) is 3.25. The largest absolute Gasteiger partial charge is 0.480 e. The number of nitrogens with zero attached hydrogens (tertiary/aromatic N) is 1. The molecule has 2 amide bonds. The average Bonchev–Trinajstić information content (AvgIpc) is 2.92. The summed E-state index contributed by atoms with van der Waals surface area (Å²) in [5.74, 6) is 0.327. The summed E-state index contributed by atoms with van der Waals surface area (Å²) in [6, 6.07) is -0.817. The van der Waals surface area contributed by atoms with Gasteiger partial charge in [-0.15, -0.1) is 0 Å². The van der Waals surface area contributed by atoms with Crippen molar-refractivity contribution in [3.05, 3.63) is 0 Å². The van der Waals surface area contributed by atoms with Crippen molar-refractivity contribution in [2.75, 3.05) is 13.1 Å². The van der Waals surface area contributed by atoms with Gasteiger partial charge < -0.3 is 15.3 Å². The number of aliphatic carboxylic acids is 1. The fourth-order valence-electron chi connectivity index (χ4n) is 3.64. The number of carboxylic acids is 1. The second-order valence-electron chi connectivity index (χ2n) is 6.56. The minimum Gasteiger partial charge on any atom is -0.480 e. The van der Waals surface area contributed by atoms with Gasteiger partial charge >= 0.3 is 12.0 Å². The van der Waals surface area contributed by atoms with Crippen LogP contribution in [0.3, 0.4) is 0 Å². The Balaban J connectivity index is 1.87. The van der Waals surface area contributed by atoms with Gasteiger partial charge in [-0.1, -0.05) is 20.3 Å². The Labute approximate surface area is 120 Å². The minimum atomic E-state index is -0.850. The van der Waals surface area contributed by atoms with E-state index in [9.17, 15) is 14.7 Å². The van der Waals surface area contributed by atoms with Crippen molar-refractivity contribution in [1.82, 2.24) is 10.2 Å². The third-order valence-electron chi connectivity index (χ3n) is 4.64. The van der Waals surface area contributed by atoms with Crippen LogP contribution in [0.5, 0.6) is 0 Å². The zero-order valence-corrected chi connectivity index (χ0v) is 12.5. The van der Waals surface area contributed by atoms with Gasteiger partial charge in [0.1, 0.15) is 6.04 Å². The van der Waals surface area contributed by atoms with Gasteiger partial charge in [-0.05, 0) is 43.4 Å². The van der Waals surface area contributed by atoms with Crippen LogP contribution < -0.4 is 5.32 Å². The van der Waals surface area contributed by atoms with Crippen LogP contribution in [0, 0.1) is 17.8 Å². The van der Waals surface area contributed by atoms with Gasteiger partial charge in [0, 0.05) is 13.1 Å². The average molecular weight is 282 g/mol. The van der Waals surface area contributed by atoms with Crippen molar-refractivity contribution in [2.24, 2.45) is 17.8 Å². The number of likely N-dealkylation sites (tertiary alicyclic amines) is 1. The lowest BCUT2D eigenvalue weighted by Crippen LogP contribution is -2.48. The molecule has 2 N–H and O–H groups in total. The number of hydrogen-bond donors (Lipinski definition) is 2. The smallest absolute Gasteiger partial charge is 0.326 e. The van der Waals surface area contributed by atoms with Crippen molar-refractivity contribution in [3.63, 3.8) is 0 Å². The first-order valence-corrected chi connectivity index (χ1v) is 7.78. The number of carbonyl (C=O) groups excluding carboxylic acids is 1. The third-order valence-corrected chi connectivity index (χ3v) is 4.64. The predicted molar refractivity (Wildman–Crippen MR) is 76.4 cm³/mol. The van der Waals surface area contributed by atoms with Crippen LogP contribution in [0.2, 0.25) is 0 Å². The van der Waals surface area contributed by atoms with E-state index in [4.69, 9.17) is 0 Å². The second kappa shape index (κ2) is 6.46. The Kier molecular flexibility index (Phi) is 4.89. The first-order valence-electron chi connectivity index (χ1n) is 7.78. The van der Waals surface area contributed by atoms with Gasteiger partial charge in [0.15, 0.2) is 0 Å². The van der Waals surface area contributed by atoms with E-state index in [1.165, 1.54) is 0 Å². The van der Waals surface area contributed by atoms with E-state index < -0.39 is 12.0 Å². The van der Waals surface area contributed by atoms with Crippen LogP contribution in [0.1, 0.15) is 46.0 Å². The van der Waals surface area contributed by atoms with E-state index in [1.807, 2.05) is 0 Å². The maximum atomic E-state index is 12.2. The van der Waals surface area contributed by atoms with Gasteiger partial charge in [-0.25, -0.2) is 9.59 Å². The molecule has 0 aromatic carbocycles. The van der Waals surface area contributed by atoms with Crippen LogP contribution in [-0.2, 0) is 4.79 Å². The standard InChI is InChI=1S/C15H26N2O3/c1-10(2)5-4-8-16-15(20)17-9-11-6-3-7-12(11)13(17)14(18)19/h10-13H,3-9H2,1-2H3,(H,16,20)(H,18,19). The SMILES string of the molecule is CC(C)CCCNC(=O)N1CC2CCCC2C1C(=O)O. The topological polar surface area (TPSA) is 69.6 Å². The molecule has 0 bridgehead atoms. The van der Waals surface area contributed by atoms with Crippen LogP contribution in [0.25, 0.3) is 0 Å². The number of carbonyl (C=O) groups is 2. The van der Waals surface area contributed by atoms with Gasteiger partial charge in [0.25, 0.3) is 0 Å². The van der Waals surface area contributed by atoms with Crippen LogP contribution in [0.15, 0.2) is 0 Å².